The van der Waals surface area contributed by atoms with Gasteiger partial charge in [-0.25, -0.2) is 0 Å². The second-order valence-electron chi connectivity index (χ2n) is 4.16. The molecule has 0 bridgehead atoms. The highest BCUT2D eigenvalue weighted by Gasteiger charge is 2.12. The van der Waals surface area contributed by atoms with Crippen LogP contribution in [0.4, 0.5) is 5.69 Å². The molecule has 2 N–H and O–H groups in total. The third-order valence-corrected chi connectivity index (χ3v) is 3.44. The van der Waals surface area contributed by atoms with E-state index in [-0.39, 0.29) is 11.8 Å². The number of carbonyl (C=O) groups excluding carboxylic acids is 1. The van der Waals surface area contributed by atoms with Crippen molar-refractivity contribution in [3.05, 3.63) is 28.2 Å². The number of nitrogens with one attached hydrogen (secondary N) is 2. The van der Waals surface area contributed by atoms with Crippen LogP contribution in [0.2, 0.25) is 0 Å². The quantitative estimate of drug-likeness (QED) is 0.877. The van der Waals surface area contributed by atoms with Crippen LogP contribution < -0.4 is 10.6 Å². The van der Waals surface area contributed by atoms with Crippen LogP contribution in [0.5, 0.6) is 0 Å². The Balaban J connectivity index is 2.58. The smallest absolute Gasteiger partial charge is 0.228 e. The molecule has 0 heterocycles. The van der Waals surface area contributed by atoms with Gasteiger partial charge in [0.15, 0.2) is 0 Å². The fourth-order valence-corrected chi connectivity index (χ4v) is 1.77. The molecule has 1 aromatic carbocycles. The number of halogens is 1. The largest absolute Gasteiger partial charge is 0.326 e. The zero-order chi connectivity index (χ0) is 12.8. The Bertz CT molecular complexity index is 393. The topological polar surface area (TPSA) is 41.1 Å². The fourth-order valence-electron chi connectivity index (χ4n) is 1.39. The molecule has 17 heavy (non-hydrogen) atoms. The standard InChI is InChI=1S/C13H19BrN2O/c1-4-15-8-10(3)13(17)16-11-6-5-9(2)12(14)7-11/h5-7,10,15H,4,8H2,1-3H3,(H,16,17). The summed E-state index contributed by atoms with van der Waals surface area (Å²) in [6, 6.07) is 5.82. The number of carbonyl (C=O) groups is 1. The van der Waals surface area contributed by atoms with E-state index in [0.29, 0.717) is 6.54 Å². The zero-order valence-electron chi connectivity index (χ0n) is 10.5. The van der Waals surface area contributed by atoms with Crippen LogP contribution in [0.3, 0.4) is 0 Å². The van der Waals surface area contributed by atoms with Crippen molar-refractivity contribution in [2.75, 3.05) is 18.4 Å². The van der Waals surface area contributed by atoms with Crippen LogP contribution >= 0.6 is 15.9 Å². The predicted octanol–water partition coefficient (Wildman–Crippen LogP) is 2.94. The van der Waals surface area contributed by atoms with Crippen LogP contribution in [0, 0.1) is 12.8 Å². The van der Waals surface area contributed by atoms with Gasteiger partial charge >= 0.3 is 0 Å². The van der Waals surface area contributed by atoms with Gasteiger partial charge in [-0.1, -0.05) is 35.8 Å². The van der Waals surface area contributed by atoms with Crippen molar-refractivity contribution < 1.29 is 4.79 Å². The second-order valence-corrected chi connectivity index (χ2v) is 5.02. The van der Waals surface area contributed by atoms with Gasteiger partial charge in [-0.05, 0) is 31.2 Å². The molecule has 0 spiro atoms. The highest BCUT2D eigenvalue weighted by Crippen LogP contribution is 2.20. The van der Waals surface area contributed by atoms with E-state index in [1.165, 1.54) is 0 Å². The van der Waals surface area contributed by atoms with Crippen LogP contribution in [0.15, 0.2) is 22.7 Å². The molecule has 0 aliphatic heterocycles. The molecular formula is C13H19BrN2O. The molecule has 1 unspecified atom stereocenters. The van der Waals surface area contributed by atoms with Crippen molar-refractivity contribution in [3.63, 3.8) is 0 Å². The van der Waals surface area contributed by atoms with Crippen molar-refractivity contribution in [1.29, 1.82) is 0 Å². The van der Waals surface area contributed by atoms with Gasteiger partial charge in [-0.15, -0.1) is 0 Å². The minimum absolute atomic E-state index is 0.0324. The lowest BCUT2D eigenvalue weighted by Gasteiger charge is -2.13. The normalized spacial score (nSPS) is 12.2. The van der Waals surface area contributed by atoms with Gasteiger partial charge in [0.1, 0.15) is 0 Å². The molecule has 0 fully saturated rings. The third kappa shape index (κ3) is 4.48. The molecule has 4 heteroatoms. The van der Waals surface area contributed by atoms with E-state index in [1.54, 1.807) is 0 Å². The number of benzene rings is 1. The van der Waals surface area contributed by atoms with E-state index in [0.717, 1.165) is 22.3 Å². The van der Waals surface area contributed by atoms with E-state index in [4.69, 9.17) is 0 Å². The summed E-state index contributed by atoms with van der Waals surface area (Å²) in [6.07, 6.45) is 0. The number of hydrogen-bond acceptors (Lipinski definition) is 2. The maximum absolute atomic E-state index is 11.8. The van der Waals surface area contributed by atoms with Crippen LogP contribution in [-0.2, 0) is 4.79 Å². The molecule has 0 saturated heterocycles. The van der Waals surface area contributed by atoms with Crippen LogP contribution in [-0.4, -0.2) is 19.0 Å². The molecule has 1 amide bonds. The van der Waals surface area contributed by atoms with Crippen molar-refractivity contribution in [1.82, 2.24) is 5.32 Å². The Kier molecular flexibility index (Phi) is 5.65. The number of rotatable bonds is 5. The SMILES string of the molecule is CCNCC(C)C(=O)Nc1ccc(C)c(Br)c1. The first kappa shape index (κ1) is 14.2. The Labute approximate surface area is 111 Å². The van der Waals surface area contributed by atoms with Gasteiger partial charge in [0.25, 0.3) is 0 Å². The highest BCUT2D eigenvalue weighted by molar-refractivity contribution is 9.10. The van der Waals surface area contributed by atoms with E-state index in [2.05, 4.69) is 26.6 Å². The number of hydrogen-bond donors (Lipinski definition) is 2. The maximum atomic E-state index is 11.8. The van der Waals surface area contributed by atoms with E-state index in [1.807, 2.05) is 39.0 Å². The summed E-state index contributed by atoms with van der Waals surface area (Å²) in [6.45, 7) is 7.55. The lowest BCUT2D eigenvalue weighted by atomic mass is 10.1. The monoisotopic (exact) mass is 298 g/mol. The van der Waals surface area contributed by atoms with Crippen LogP contribution in [0.1, 0.15) is 19.4 Å². The molecule has 0 radical (unpaired) electrons. The minimum Gasteiger partial charge on any atom is -0.326 e. The van der Waals surface area contributed by atoms with Crippen LogP contribution in [0.25, 0.3) is 0 Å². The average Bonchev–Trinajstić information content (AvgIpc) is 2.30. The summed E-state index contributed by atoms with van der Waals surface area (Å²) in [4.78, 5) is 11.8. The average molecular weight is 299 g/mol. The summed E-state index contributed by atoms with van der Waals surface area (Å²) in [7, 11) is 0. The molecule has 0 saturated carbocycles. The maximum Gasteiger partial charge on any atom is 0.228 e. The van der Waals surface area contributed by atoms with Crippen molar-refractivity contribution >= 4 is 27.5 Å². The van der Waals surface area contributed by atoms with Gasteiger partial charge in [-0.3, -0.25) is 4.79 Å². The van der Waals surface area contributed by atoms with Crippen molar-refractivity contribution in [3.8, 4) is 0 Å². The Hall–Kier alpha value is -0.870. The van der Waals surface area contributed by atoms with Gasteiger partial charge < -0.3 is 10.6 Å². The molecule has 1 atom stereocenters. The number of aryl methyl sites for hydroxylation is 1. The summed E-state index contributed by atoms with van der Waals surface area (Å²) in [5.41, 5.74) is 1.99. The van der Waals surface area contributed by atoms with Gasteiger partial charge in [0.2, 0.25) is 5.91 Å². The second kappa shape index (κ2) is 6.77. The molecule has 94 valence electrons. The minimum atomic E-state index is -0.0324. The highest BCUT2D eigenvalue weighted by atomic mass is 79.9. The molecule has 3 nitrogen and oxygen atoms in total. The predicted molar refractivity (Wildman–Crippen MR) is 75.2 cm³/mol. The first-order valence-electron chi connectivity index (χ1n) is 5.82. The van der Waals surface area contributed by atoms with E-state index in [9.17, 15) is 4.79 Å². The molecule has 0 aliphatic carbocycles. The Morgan fingerprint density at radius 2 is 2.18 bits per heavy atom. The lowest BCUT2D eigenvalue weighted by molar-refractivity contribution is -0.119. The molecule has 0 aromatic heterocycles. The van der Waals surface area contributed by atoms with Gasteiger partial charge in [0.05, 0.1) is 0 Å². The Morgan fingerprint density at radius 1 is 1.47 bits per heavy atom. The lowest BCUT2D eigenvalue weighted by Crippen LogP contribution is -2.30. The third-order valence-electron chi connectivity index (χ3n) is 2.59. The molecular weight excluding hydrogens is 280 g/mol. The first-order chi connectivity index (χ1) is 8.04. The number of amides is 1. The van der Waals surface area contributed by atoms with E-state index >= 15 is 0 Å². The zero-order valence-corrected chi connectivity index (χ0v) is 12.1. The fraction of sp³-hybridized carbons (Fsp3) is 0.462. The summed E-state index contributed by atoms with van der Waals surface area (Å²) >= 11 is 3.45. The number of anilines is 1. The van der Waals surface area contributed by atoms with Gasteiger partial charge in [0, 0.05) is 22.6 Å². The molecule has 1 rings (SSSR count). The Morgan fingerprint density at radius 3 is 2.76 bits per heavy atom. The molecule has 1 aromatic rings. The summed E-state index contributed by atoms with van der Waals surface area (Å²) in [5.74, 6) is 0.0109. The van der Waals surface area contributed by atoms with Crippen molar-refractivity contribution in [2.24, 2.45) is 5.92 Å². The summed E-state index contributed by atoms with van der Waals surface area (Å²) < 4.78 is 1.01. The molecule has 0 aliphatic rings. The van der Waals surface area contributed by atoms with Crippen molar-refractivity contribution in [2.45, 2.75) is 20.8 Å². The first-order valence-corrected chi connectivity index (χ1v) is 6.61. The summed E-state index contributed by atoms with van der Waals surface area (Å²) in [5, 5.41) is 6.07. The van der Waals surface area contributed by atoms with E-state index < -0.39 is 0 Å². The van der Waals surface area contributed by atoms with Gasteiger partial charge in [-0.2, -0.15) is 0 Å².